The zero-order valence-electron chi connectivity index (χ0n) is 13.3. The molecule has 1 amide bonds. The number of rotatable bonds is 4. The molecule has 1 aromatic carbocycles. The van der Waals surface area contributed by atoms with Crippen molar-refractivity contribution in [3.8, 4) is 0 Å². The summed E-state index contributed by atoms with van der Waals surface area (Å²) in [5, 5.41) is 4.12. The fourth-order valence-corrected chi connectivity index (χ4v) is 2.90. The van der Waals surface area contributed by atoms with Crippen LogP contribution in [0.2, 0.25) is 0 Å². The second-order valence-electron chi connectivity index (χ2n) is 5.86. The first kappa shape index (κ1) is 15.1. The van der Waals surface area contributed by atoms with Crippen molar-refractivity contribution in [1.82, 2.24) is 14.8 Å². The van der Waals surface area contributed by atoms with Crippen LogP contribution in [-0.2, 0) is 11.8 Å². The Morgan fingerprint density at radius 2 is 2.05 bits per heavy atom. The number of carbonyl (C=O) groups excluding carboxylic acids is 1. The largest absolute Gasteiger partial charge is 0.379 e. The summed E-state index contributed by atoms with van der Waals surface area (Å²) in [7, 11) is 1.94. The lowest BCUT2D eigenvalue weighted by molar-refractivity contribution is 0.0383. The van der Waals surface area contributed by atoms with E-state index < -0.39 is 0 Å². The molecule has 0 saturated carbocycles. The Labute approximate surface area is 130 Å². The van der Waals surface area contributed by atoms with Crippen molar-refractivity contribution >= 4 is 16.8 Å². The number of carbonyl (C=O) groups is 1. The zero-order valence-corrected chi connectivity index (χ0v) is 13.3. The van der Waals surface area contributed by atoms with Gasteiger partial charge in [-0.2, -0.15) is 0 Å². The maximum Gasteiger partial charge on any atom is 0.267 e. The molecule has 0 aliphatic carbocycles. The lowest BCUT2D eigenvalue weighted by atomic mass is 10.2. The number of nitrogens with zero attached hydrogens (tertiary/aromatic N) is 2. The first-order valence-corrected chi connectivity index (χ1v) is 7.79. The maximum absolute atomic E-state index is 12.4. The van der Waals surface area contributed by atoms with E-state index in [9.17, 15) is 4.79 Å². The van der Waals surface area contributed by atoms with E-state index in [0.717, 1.165) is 43.8 Å². The fourth-order valence-electron chi connectivity index (χ4n) is 2.90. The third-order valence-electron chi connectivity index (χ3n) is 4.25. The summed E-state index contributed by atoms with van der Waals surface area (Å²) in [6, 6.07) is 8.20. The van der Waals surface area contributed by atoms with Crippen molar-refractivity contribution in [2.75, 3.05) is 39.4 Å². The lowest BCUT2D eigenvalue weighted by Gasteiger charge is -2.26. The van der Waals surface area contributed by atoms with Crippen LogP contribution in [0, 0.1) is 6.92 Å². The van der Waals surface area contributed by atoms with E-state index in [-0.39, 0.29) is 5.91 Å². The standard InChI is InChI=1S/C17H23N3O2/c1-13-3-4-14-12-16(19(2)15(14)11-13)17(21)18-5-6-20-7-9-22-10-8-20/h3-4,11-12H,5-10H2,1-2H3,(H,18,21). The molecular weight excluding hydrogens is 278 g/mol. The van der Waals surface area contributed by atoms with Crippen LogP contribution < -0.4 is 5.32 Å². The summed E-state index contributed by atoms with van der Waals surface area (Å²) >= 11 is 0. The monoisotopic (exact) mass is 301 g/mol. The number of hydrogen-bond acceptors (Lipinski definition) is 3. The Morgan fingerprint density at radius 3 is 2.82 bits per heavy atom. The molecule has 1 aromatic heterocycles. The molecule has 2 heterocycles. The predicted octanol–water partition coefficient (Wildman–Crippen LogP) is 1.55. The summed E-state index contributed by atoms with van der Waals surface area (Å²) in [6.07, 6.45) is 0. The van der Waals surface area contributed by atoms with E-state index >= 15 is 0 Å². The molecule has 0 unspecified atom stereocenters. The van der Waals surface area contributed by atoms with Crippen molar-refractivity contribution in [1.29, 1.82) is 0 Å². The highest BCUT2D eigenvalue weighted by molar-refractivity contribution is 5.98. The number of amides is 1. The van der Waals surface area contributed by atoms with Gasteiger partial charge in [0.05, 0.1) is 13.2 Å². The number of benzene rings is 1. The van der Waals surface area contributed by atoms with Gasteiger partial charge in [0, 0.05) is 44.1 Å². The van der Waals surface area contributed by atoms with Crippen LogP contribution in [0.1, 0.15) is 16.1 Å². The quantitative estimate of drug-likeness (QED) is 0.932. The van der Waals surface area contributed by atoms with Crippen LogP contribution in [0.4, 0.5) is 0 Å². The number of aromatic nitrogens is 1. The second-order valence-corrected chi connectivity index (χ2v) is 5.86. The first-order chi connectivity index (χ1) is 10.6. The third kappa shape index (κ3) is 3.15. The highest BCUT2D eigenvalue weighted by Crippen LogP contribution is 2.20. The van der Waals surface area contributed by atoms with Gasteiger partial charge in [-0.15, -0.1) is 0 Å². The van der Waals surface area contributed by atoms with E-state index in [4.69, 9.17) is 4.74 Å². The van der Waals surface area contributed by atoms with Gasteiger partial charge in [0.15, 0.2) is 0 Å². The van der Waals surface area contributed by atoms with Crippen LogP contribution in [0.5, 0.6) is 0 Å². The molecule has 0 spiro atoms. The molecule has 0 bridgehead atoms. The van der Waals surface area contributed by atoms with Crippen molar-refractivity contribution < 1.29 is 9.53 Å². The van der Waals surface area contributed by atoms with Crippen LogP contribution in [0.25, 0.3) is 10.9 Å². The average molecular weight is 301 g/mol. The summed E-state index contributed by atoms with van der Waals surface area (Å²) in [5.74, 6) is -0.00962. The molecule has 0 atom stereocenters. The van der Waals surface area contributed by atoms with Crippen molar-refractivity contribution in [3.05, 3.63) is 35.5 Å². The Bertz CT molecular complexity index is 672. The lowest BCUT2D eigenvalue weighted by Crippen LogP contribution is -2.41. The van der Waals surface area contributed by atoms with Crippen molar-refractivity contribution in [3.63, 3.8) is 0 Å². The topological polar surface area (TPSA) is 46.5 Å². The Morgan fingerprint density at radius 1 is 1.27 bits per heavy atom. The minimum Gasteiger partial charge on any atom is -0.379 e. The number of ether oxygens (including phenoxy) is 1. The van der Waals surface area contributed by atoms with E-state index in [2.05, 4.69) is 35.3 Å². The predicted molar refractivity (Wildman–Crippen MR) is 87.2 cm³/mol. The molecule has 5 heteroatoms. The molecule has 1 fully saturated rings. The summed E-state index contributed by atoms with van der Waals surface area (Å²) in [5.41, 5.74) is 3.01. The second kappa shape index (κ2) is 6.50. The van der Waals surface area contributed by atoms with Gasteiger partial charge in [0.25, 0.3) is 5.91 Å². The molecule has 1 aliphatic rings. The van der Waals surface area contributed by atoms with Crippen molar-refractivity contribution in [2.45, 2.75) is 6.92 Å². The maximum atomic E-state index is 12.4. The summed E-state index contributed by atoms with van der Waals surface area (Å²) in [6.45, 7) is 7.07. The molecule has 2 aromatic rings. The highest BCUT2D eigenvalue weighted by atomic mass is 16.5. The number of nitrogens with one attached hydrogen (secondary N) is 1. The molecule has 5 nitrogen and oxygen atoms in total. The molecule has 3 rings (SSSR count). The van der Waals surface area contributed by atoms with Crippen LogP contribution in [0.15, 0.2) is 24.3 Å². The summed E-state index contributed by atoms with van der Waals surface area (Å²) < 4.78 is 7.29. The van der Waals surface area contributed by atoms with Gasteiger partial charge in [0.1, 0.15) is 5.69 Å². The van der Waals surface area contributed by atoms with Crippen LogP contribution >= 0.6 is 0 Å². The summed E-state index contributed by atoms with van der Waals surface area (Å²) in [4.78, 5) is 14.7. The van der Waals surface area contributed by atoms with Gasteiger partial charge in [-0.05, 0) is 24.6 Å². The molecular formula is C17H23N3O2. The number of fused-ring (bicyclic) bond motifs is 1. The SMILES string of the molecule is Cc1ccc2cc(C(=O)NCCN3CCOCC3)n(C)c2c1. The van der Waals surface area contributed by atoms with Gasteiger partial charge in [0.2, 0.25) is 0 Å². The fraction of sp³-hybridized carbons (Fsp3) is 0.471. The molecule has 1 N–H and O–H groups in total. The average Bonchev–Trinajstić information content (AvgIpc) is 2.85. The minimum atomic E-state index is -0.00962. The van der Waals surface area contributed by atoms with Crippen LogP contribution in [-0.4, -0.2) is 54.8 Å². The van der Waals surface area contributed by atoms with E-state index in [1.807, 2.05) is 17.7 Å². The number of hydrogen-bond donors (Lipinski definition) is 1. The normalized spacial score (nSPS) is 16.1. The van der Waals surface area contributed by atoms with Gasteiger partial charge in [-0.3, -0.25) is 9.69 Å². The van der Waals surface area contributed by atoms with Crippen LogP contribution in [0.3, 0.4) is 0 Å². The number of morpholine rings is 1. The minimum absolute atomic E-state index is 0.00962. The third-order valence-corrected chi connectivity index (χ3v) is 4.25. The molecule has 0 radical (unpaired) electrons. The Balaban J connectivity index is 1.63. The highest BCUT2D eigenvalue weighted by Gasteiger charge is 2.14. The van der Waals surface area contributed by atoms with Gasteiger partial charge in [-0.25, -0.2) is 0 Å². The van der Waals surface area contributed by atoms with E-state index in [1.165, 1.54) is 5.56 Å². The molecule has 118 valence electrons. The Hall–Kier alpha value is -1.85. The van der Waals surface area contributed by atoms with Crippen molar-refractivity contribution in [2.24, 2.45) is 7.05 Å². The van der Waals surface area contributed by atoms with E-state index in [0.29, 0.717) is 12.2 Å². The Kier molecular flexibility index (Phi) is 4.45. The first-order valence-electron chi connectivity index (χ1n) is 7.79. The number of aryl methyl sites for hydroxylation is 2. The molecule has 1 saturated heterocycles. The molecule has 22 heavy (non-hydrogen) atoms. The van der Waals surface area contributed by atoms with Gasteiger partial charge in [-0.1, -0.05) is 12.1 Å². The van der Waals surface area contributed by atoms with Gasteiger partial charge >= 0.3 is 0 Å². The van der Waals surface area contributed by atoms with Gasteiger partial charge < -0.3 is 14.6 Å². The smallest absolute Gasteiger partial charge is 0.267 e. The molecule has 1 aliphatic heterocycles. The van der Waals surface area contributed by atoms with E-state index in [1.54, 1.807) is 0 Å². The zero-order chi connectivity index (χ0) is 15.5.